The highest BCUT2D eigenvalue weighted by molar-refractivity contribution is 7.71. The van der Waals surface area contributed by atoms with Crippen LogP contribution < -0.4 is 5.32 Å². The van der Waals surface area contributed by atoms with Crippen LogP contribution in [0, 0.1) is 4.77 Å². The predicted molar refractivity (Wildman–Crippen MR) is 99.5 cm³/mol. The van der Waals surface area contributed by atoms with Crippen LogP contribution in [0.1, 0.15) is 16.1 Å². The number of para-hydroxylation sites is 1. The minimum Gasteiger partial charge on any atom is -0.460 e. The lowest BCUT2D eigenvalue weighted by molar-refractivity contribution is -0.143. The minimum absolute atomic E-state index is 0.167. The van der Waals surface area contributed by atoms with Gasteiger partial charge in [-0.3, -0.25) is 14.2 Å². The van der Waals surface area contributed by atoms with Crippen molar-refractivity contribution in [1.82, 2.24) is 14.9 Å². The lowest BCUT2D eigenvalue weighted by atomic mass is 10.2. The highest BCUT2D eigenvalue weighted by Crippen LogP contribution is 2.12. The number of carbonyl (C=O) groups is 2. The second kappa shape index (κ2) is 8.26. The van der Waals surface area contributed by atoms with Crippen LogP contribution in [0.3, 0.4) is 0 Å². The molecule has 1 amide bonds. The van der Waals surface area contributed by atoms with Crippen LogP contribution in [0.15, 0.2) is 66.9 Å². The molecule has 3 aromatic rings. The van der Waals surface area contributed by atoms with Gasteiger partial charge in [0.25, 0.3) is 5.91 Å². The van der Waals surface area contributed by atoms with Crippen molar-refractivity contribution >= 4 is 24.1 Å². The van der Waals surface area contributed by atoms with Crippen molar-refractivity contribution in [3.05, 3.63) is 82.9 Å². The summed E-state index contributed by atoms with van der Waals surface area (Å²) in [5.41, 5.74) is 1.96. The molecule has 26 heavy (non-hydrogen) atoms. The molecule has 7 heteroatoms. The van der Waals surface area contributed by atoms with Gasteiger partial charge < -0.3 is 15.0 Å². The number of imidazole rings is 1. The van der Waals surface area contributed by atoms with E-state index in [-0.39, 0.29) is 13.2 Å². The number of amides is 1. The molecule has 0 spiro atoms. The second-order valence-electron chi connectivity index (χ2n) is 5.48. The van der Waals surface area contributed by atoms with Crippen molar-refractivity contribution in [2.75, 3.05) is 6.54 Å². The van der Waals surface area contributed by atoms with Gasteiger partial charge in [0, 0.05) is 11.9 Å². The van der Waals surface area contributed by atoms with E-state index in [0.717, 1.165) is 11.3 Å². The number of esters is 1. The first-order chi connectivity index (χ1) is 12.6. The molecule has 1 aromatic heterocycles. The molecule has 0 aliphatic heterocycles. The molecule has 0 saturated carbocycles. The van der Waals surface area contributed by atoms with E-state index < -0.39 is 11.9 Å². The third-order valence-corrected chi connectivity index (χ3v) is 3.96. The molecule has 0 atom stereocenters. The highest BCUT2D eigenvalue weighted by Gasteiger charge is 2.15. The summed E-state index contributed by atoms with van der Waals surface area (Å²) < 4.78 is 7.15. The number of hydrogen-bond acceptors (Lipinski definition) is 4. The Balaban J connectivity index is 1.61. The van der Waals surface area contributed by atoms with Gasteiger partial charge in [0.1, 0.15) is 18.8 Å². The number of aromatic nitrogens is 2. The molecule has 1 heterocycles. The molecular formula is C19H17N3O3S. The summed E-state index contributed by atoms with van der Waals surface area (Å²) in [5.74, 6) is -0.930. The molecule has 0 saturated heterocycles. The number of nitrogens with one attached hydrogen (secondary N) is 2. The summed E-state index contributed by atoms with van der Waals surface area (Å²) in [6.45, 7) is -0.0571. The van der Waals surface area contributed by atoms with Crippen molar-refractivity contribution in [1.29, 1.82) is 0 Å². The molecule has 132 valence electrons. The zero-order valence-corrected chi connectivity index (χ0v) is 14.7. The van der Waals surface area contributed by atoms with E-state index in [4.69, 9.17) is 17.0 Å². The van der Waals surface area contributed by atoms with Gasteiger partial charge in [-0.15, -0.1) is 0 Å². The average molecular weight is 367 g/mol. The Kier molecular flexibility index (Phi) is 5.60. The van der Waals surface area contributed by atoms with Crippen LogP contribution in [-0.2, 0) is 16.1 Å². The Morgan fingerprint density at radius 3 is 2.38 bits per heavy atom. The summed E-state index contributed by atoms with van der Waals surface area (Å²) >= 11 is 5.24. The number of ether oxygens (including phenoxy) is 1. The normalized spacial score (nSPS) is 10.3. The molecule has 6 nitrogen and oxygen atoms in total. The second-order valence-corrected chi connectivity index (χ2v) is 5.87. The van der Waals surface area contributed by atoms with Crippen LogP contribution in [0.5, 0.6) is 0 Å². The predicted octanol–water partition coefficient (Wildman–Crippen LogP) is 3.01. The van der Waals surface area contributed by atoms with Crippen molar-refractivity contribution < 1.29 is 14.3 Å². The van der Waals surface area contributed by atoms with Crippen LogP contribution in [0.4, 0.5) is 0 Å². The van der Waals surface area contributed by atoms with E-state index in [1.807, 2.05) is 60.7 Å². The number of hydrogen-bond donors (Lipinski definition) is 2. The third-order valence-electron chi connectivity index (χ3n) is 3.66. The Bertz CT molecular complexity index is 949. The Labute approximate surface area is 155 Å². The zero-order chi connectivity index (χ0) is 18.4. The Morgan fingerprint density at radius 2 is 1.69 bits per heavy atom. The molecular weight excluding hydrogens is 350 g/mol. The van der Waals surface area contributed by atoms with Crippen molar-refractivity contribution in [3.63, 3.8) is 0 Å². The van der Waals surface area contributed by atoms with Crippen LogP contribution in [0.25, 0.3) is 5.69 Å². The molecule has 2 aromatic carbocycles. The van der Waals surface area contributed by atoms with E-state index >= 15 is 0 Å². The van der Waals surface area contributed by atoms with Crippen LogP contribution in [-0.4, -0.2) is 28.0 Å². The van der Waals surface area contributed by atoms with Crippen LogP contribution >= 0.6 is 12.2 Å². The number of rotatable bonds is 6. The first kappa shape index (κ1) is 17.6. The highest BCUT2D eigenvalue weighted by atomic mass is 32.1. The lowest BCUT2D eigenvalue weighted by Gasteiger charge is -2.09. The summed E-state index contributed by atoms with van der Waals surface area (Å²) in [4.78, 5) is 27.1. The van der Waals surface area contributed by atoms with Gasteiger partial charge in [-0.2, -0.15) is 0 Å². The fourth-order valence-corrected chi connectivity index (χ4v) is 2.66. The number of benzene rings is 2. The van der Waals surface area contributed by atoms with E-state index in [0.29, 0.717) is 10.5 Å². The summed E-state index contributed by atoms with van der Waals surface area (Å²) in [6, 6.07) is 18.6. The molecule has 0 unspecified atom stereocenters. The fraction of sp³-hybridized carbons (Fsp3) is 0.105. The average Bonchev–Trinajstić information content (AvgIpc) is 3.07. The number of aromatic amines is 1. The molecule has 0 aliphatic rings. The SMILES string of the molecule is O=C(CNC(=O)c1c[nH]c(=S)n1-c1ccccc1)OCc1ccccc1. The van der Waals surface area contributed by atoms with Gasteiger partial charge in [-0.25, -0.2) is 0 Å². The van der Waals surface area contributed by atoms with E-state index in [1.165, 1.54) is 6.20 Å². The Morgan fingerprint density at radius 1 is 1.04 bits per heavy atom. The number of carbonyl (C=O) groups excluding carboxylic acids is 2. The quantitative estimate of drug-likeness (QED) is 0.519. The van der Waals surface area contributed by atoms with Crippen molar-refractivity contribution in [2.24, 2.45) is 0 Å². The number of H-pyrrole nitrogens is 1. The van der Waals surface area contributed by atoms with Gasteiger partial charge in [0.05, 0.1) is 0 Å². The number of nitrogens with zero attached hydrogens (tertiary/aromatic N) is 1. The molecule has 2 N–H and O–H groups in total. The van der Waals surface area contributed by atoms with E-state index in [9.17, 15) is 9.59 Å². The van der Waals surface area contributed by atoms with Gasteiger partial charge in [-0.05, 0) is 29.9 Å². The smallest absolute Gasteiger partial charge is 0.325 e. The molecule has 0 bridgehead atoms. The molecule has 0 aliphatic carbocycles. The summed E-state index contributed by atoms with van der Waals surface area (Å²) in [6.07, 6.45) is 1.51. The van der Waals surface area contributed by atoms with E-state index in [1.54, 1.807) is 4.57 Å². The summed E-state index contributed by atoms with van der Waals surface area (Å²) in [7, 11) is 0. The van der Waals surface area contributed by atoms with Gasteiger partial charge in [0.15, 0.2) is 4.77 Å². The standard InChI is InChI=1S/C19H17N3O3S/c23-17(25-13-14-7-3-1-4-8-14)12-20-18(24)16-11-21-19(26)22(16)15-9-5-2-6-10-15/h1-11H,12-13H2,(H,20,24)(H,21,26). The first-order valence-electron chi connectivity index (χ1n) is 7.99. The van der Waals surface area contributed by atoms with Crippen molar-refractivity contribution in [2.45, 2.75) is 6.61 Å². The fourth-order valence-electron chi connectivity index (χ4n) is 2.40. The maximum absolute atomic E-state index is 12.4. The van der Waals surface area contributed by atoms with Gasteiger partial charge in [0.2, 0.25) is 0 Å². The maximum atomic E-state index is 12.4. The van der Waals surface area contributed by atoms with Crippen molar-refractivity contribution in [3.8, 4) is 5.69 Å². The largest absolute Gasteiger partial charge is 0.460 e. The maximum Gasteiger partial charge on any atom is 0.325 e. The van der Waals surface area contributed by atoms with Gasteiger partial charge in [-0.1, -0.05) is 48.5 Å². The molecule has 0 radical (unpaired) electrons. The monoisotopic (exact) mass is 367 g/mol. The summed E-state index contributed by atoms with van der Waals surface area (Å²) in [5, 5.41) is 2.56. The van der Waals surface area contributed by atoms with Gasteiger partial charge >= 0.3 is 5.97 Å². The molecule has 0 fully saturated rings. The van der Waals surface area contributed by atoms with Crippen LogP contribution in [0.2, 0.25) is 0 Å². The zero-order valence-electron chi connectivity index (χ0n) is 13.8. The topological polar surface area (TPSA) is 76.1 Å². The lowest BCUT2D eigenvalue weighted by Crippen LogP contribution is -2.31. The first-order valence-corrected chi connectivity index (χ1v) is 8.39. The molecule has 3 rings (SSSR count). The Hall–Kier alpha value is -3.19. The minimum atomic E-state index is -0.511. The van der Waals surface area contributed by atoms with E-state index in [2.05, 4.69) is 10.3 Å². The third kappa shape index (κ3) is 4.25.